The number of likely N-dealkylation sites (N-methyl/N-ethyl adjacent to an activating group) is 1. The van der Waals surface area contributed by atoms with E-state index < -0.39 is 0 Å². The fourth-order valence-corrected chi connectivity index (χ4v) is 1.34. The van der Waals surface area contributed by atoms with E-state index in [2.05, 4.69) is 22.2 Å². The standard InChI is InChI=1S/C8H16N3O/c1-10-4-6-11(7-5-10)3-2-9-8-12/h2-7H2,1H3,(H,9,12). The van der Waals surface area contributed by atoms with Crippen LogP contribution >= 0.6 is 0 Å². The second-order valence-corrected chi connectivity index (χ2v) is 3.17. The average Bonchev–Trinajstić information content (AvgIpc) is 2.09. The van der Waals surface area contributed by atoms with Crippen LogP contribution in [-0.2, 0) is 4.79 Å². The molecule has 1 amide bonds. The van der Waals surface area contributed by atoms with Crippen LogP contribution in [-0.4, -0.2) is 62.5 Å². The van der Waals surface area contributed by atoms with Gasteiger partial charge in [0.1, 0.15) is 0 Å². The van der Waals surface area contributed by atoms with Gasteiger partial charge in [0, 0.05) is 39.3 Å². The van der Waals surface area contributed by atoms with E-state index in [-0.39, 0.29) is 0 Å². The normalized spacial score (nSPS) is 20.8. The molecule has 0 spiro atoms. The van der Waals surface area contributed by atoms with Gasteiger partial charge in [-0.3, -0.25) is 9.69 Å². The van der Waals surface area contributed by atoms with Gasteiger partial charge in [0.15, 0.2) is 0 Å². The van der Waals surface area contributed by atoms with E-state index in [4.69, 9.17) is 0 Å². The molecule has 0 saturated carbocycles. The largest absolute Gasteiger partial charge is 0.347 e. The monoisotopic (exact) mass is 170 g/mol. The van der Waals surface area contributed by atoms with Gasteiger partial charge in [-0.05, 0) is 7.05 Å². The van der Waals surface area contributed by atoms with Gasteiger partial charge in [-0.2, -0.15) is 0 Å². The zero-order chi connectivity index (χ0) is 8.81. The Kier molecular flexibility index (Phi) is 4.04. The fraction of sp³-hybridized carbons (Fsp3) is 0.875. The van der Waals surface area contributed by atoms with Gasteiger partial charge in [-0.15, -0.1) is 0 Å². The molecule has 1 rings (SSSR count). The van der Waals surface area contributed by atoms with Gasteiger partial charge >= 0.3 is 6.41 Å². The first-order valence-electron chi connectivity index (χ1n) is 4.34. The van der Waals surface area contributed by atoms with Crippen molar-refractivity contribution in [3.63, 3.8) is 0 Å². The molecule has 1 radical (unpaired) electrons. The van der Waals surface area contributed by atoms with Crippen LogP contribution in [0.3, 0.4) is 0 Å². The van der Waals surface area contributed by atoms with Gasteiger partial charge in [0.25, 0.3) is 0 Å². The van der Waals surface area contributed by atoms with Crippen molar-refractivity contribution < 1.29 is 4.79 Å². The minimum Gasteiger partial charge on any atom is -0.347 e. The molecular weight excluding hydrogens is 154 g/mol. The number of carbonyl (C=O) groups excluding carboxylic acids is 1. The maximum atomic E-state index is 9.84. The molecule has 1 N–H and O–H groups in total. The van der Waals surface area contributed by atoms with Gasteiger partial charge in [0.2, 0.25) is 0 Å². The Morgan fingerprint density at radius 3 is 2.58 bits per heavy atom. The van der Waals surface area contributed by atoms with E-state index in [0.717, 1.165) is 32.7 Å². The highest BCUT2D eigenvalue weighted by Crippen LogP contribution is 1.96. The topological polar surface area (TPSA) is 35.6 Å². The number of rotatable bonds is 4. The molecule has 1 aliphatic rings. The van der Waals surface area contributed by atoms with Gasteiger partial charge in [-0.1, -0.05) is 0 Å². The van der Waals surface area contributed by atoms with Crippen molar-refractivity contribution in [3.8, 4) is 0 Å². The zero-order valence-electron chi connectivity index (χ0n) is 7.55. The van der Waals surface area contributed by atoms with Crippen molar-refractivity contribution in [3.05, 3.63) is 0 Å². The van der Waals surface area contributed by atoms with Gasteiger partial charge in [-0.25, -0.2) is 0 Å². The first kappa shape index (κ1) is 9.48. The molecule has 0 aromatic heterocycles. The molecule has 4 nitrogen and oxygen atoms in total. The number of hydrogen-bond acceptors (Lipinski definition) is 3. The maximum absolute atomic E-state index is 9.84. The molecule has 0 bridgehead atoms. The number of hydrogen-bond donors (Lipinski definition) is 1. The van der Waals surface area contributed by atoms with E-state index >= 15 is 0 Å². The number of piperazine rings is 1. The van der Waals surface area contributed by atoms with Crippen LogP contribution < -0.4 is 5.32 Å². The Morgan fingerprint density at radius 1 is 1.33 bits per heavy atom. The van der Waals surface area contributed by atoms with Crippen molar-refractivity contribution >= 4 is 6.41 Å². The third-order valence-corrected chi connectivity index (χ3v) is 2.22. The molecule has 0 aliphatic carbocycles. The first-order valence-corrected chi connectivity index (χ1v) is 4.34. The van der Waals surface area contributed by atoms with Crippen molar-refractivity contribution in [2.75, 3.05) is 46.3 Å². The number of amides is 1. The molecule has 1 aliphatic heterocycles. The lowest BCUT2D eigenvalue weighted by Gasteiger charge is -2.32. The summed E-state index contributed by atoms with van der Waals surface area (Å²) in [4.78, 5) is 14.5. The maximum Gasteiger partial charge on any atom is 0.309 e. The Hall–Kier alpha value is -0.610. The number of nitrogens with zero attached hydrogens (tertiary/aromatic N) is 2. The number of nitrogens with one attached hydrogen (secondary N) is 1. The highest BCUT2D eigenvalue weighted by molar-refractivity contribution is 5.46. The van der Waals surface area contributed by atoms with Crippen LogP contribution in [0, 0.1) is 0 Å². The predicted octanol–water partition coefficient (Wildman–Crippen LogP) is -1.11. The van der Waals surface area contributed by atoms with Gasteiger partial charge in [0.05, 0.1) is 0 Å². The SMILES string of the molecule is CN1CCN(CCN[C]=O)CC1. The van der Waals surface area contributed by atoms with Crippen molar-refractivity contribution in [1.82, 2.24) is 15.1 Å². The molecule has 1 fully saturated rings. The van der Waals surface area contributed by atoms with E-state index in [1.165, 1.54) is 0 Å². The lowest BCUT2D eigenvalue weighted by atomic mass is 10.3. The summed E-state index contributed by atoms with van der Waals surface area (Å²) in [6, 6.07) is 0. The average molecular weight is 170 g/mol. The molecule has 4 heteroatoms. The summed E-state index contributed by atoms with van der Waals surface area (Å²) in [5.74, 6) is 0. The molecule has 0 unspecified atom stereocenters. The molecule has 1 heterocycles. The van der Waals surface area contributed by atoms with E-state index in [1.807, 2.05) is 0 Å². The summed E-state index contributed by atoms with van der Waals surface area (Å²) in [6.45, 7) is 6.14. The van der Waals surface area contributed by atoms with Crippen LogP contribution in [0.25, 0.3) is 0 Å². The van der Waals surface area contributed by atoms with Crippen LogP contribution in [0.4, 0.5) is 0 Å². The lowest BCUT2D eigenvalue weighted by Crippen LogP contribution is -2.46. The molecule has 12 heavy (non-hydrogen) atoms. The zero-order valence-corrected chi connectivity index (χ0v) is 7.55. The first-order chi connectivity index (χ1) is 5.83. The molecule has 0 aromatic carbocycles. The summed E-state index contributed by atoms with van der Waals surface area (Å²) in [5, 5.41) is 2.55. The summed E-state index contributed by atoms with van der Waals surface area (Å²) in [7, 11) is 2.13. The van der Waals surface area contributed by atoms with Crippen LogP contribution in [0.2, 0.25) is 0 Å². The Balaban J connectivity index is 2.05. The van der Waals surface area contributed by atoms with Crippen molar-refractivity contribution in [1.29, 1.82) is 0 Å². The summed E-state index contributed by atoms with van der Waals surface area (Å²) in [6.07, 6.45) is 1.68. The van der Waals surface area contributed by atoms with E-state index in [9.17, 15) is 4.79 Å². The lowest BCUT2D eigenvalue weighted by molar-refractivity contribution is 0.156. The molecule has 0 aromatic rings. The van der Waals surface area contributed by atoms with E-state index in [1.54, 1.807) is 6.41 Å². The third kappa shape index (κ3) is 3.19. The smallest absolute Gasteiger partial charge is 0.309 e. The van der Waals surface area contributed by atoms with Crippen molar-refractivity contribution in [2.45, 2.75) is 0 Å². The van der Waals surface area contributed by atoms with Crippen molar-refractivity contribution in [2.24, 2.45) is 0 Å². The Morgan fingerprint density at radius 2 is 2.00 bits per heavy atom. The molecular formula is C8H16N3O. The van der Waals surface area contributed by atoms with Crippen LogP contribution in [0.5, 0.6) is 0 Å². The molecule has 1 saturated heterocycles. The minimum absolute atomic E-state index is 0.715. The highest BCUT2D eigenvalue weighted by atomic mass is 16.1. The quantitative estimate of drug-likeness (QED) is 0.429. The molecule has 0 atom stereocenters. The highest BCUT2D eigenvalue weighted by Gasteiger charge is 2.12. The Bertz CT molecular complexity index is 132. The minimum atomic E-state index is 0.715. The summed E-state index contributed by atoms with van der Waals surface area (Å²) in [5.41, 5.74) is 0. The van der Waals surface area contributed by atoms with Crippen LogP contribution in [0.1, 0.15) is 0 Å². The second-order valence-electron chi connectivity index (χ2n) is 3.17. The molecule has 69 valence electrons. The van der Waals surface area contributed by atoms with Gasteiger partial charge < -0.3 is 10.2 Å². The second kappa shape index (κ2) is 5.11. The fourth-order valence-electron chi connectivity index (χ4n) is 1.34. The summed E-state index contributed by atoms with van der Waals surface area (Å²) >= 11 is 0. The third-order valence-electron chi connectivity index (χ3n) is 2.22. The van der Waals surface area contributed by atoms with Crippen LogP contribution in [0.15, 0.2) is 0 Å². The van der Waals surface area contributed by atoms with E-state index in [0.29, 0.717) is 6.54 Å². The predicted molar refractivity (Wildman–Crippen MR) is 47.6 cm³/mol. The summed E-state index contributed by atoms with van der Waals surface area (Å²) < 4.78 is 0. The Labute approximate surface area is 73.5 Å².